The van der Waals surface area contributed by atoms with E-state index in [0.717, 1.165) is 23.9 Å². The average molecular weight is 359 g/mol. The van der Waals surface area contributed by atoms with E-state index in [1.165, 1.54) is 17.0 Å². The van der Waals surface area contributed by atoms with E-state index in [1.807, 2.05) is 24.4 Å². The third kappa shape index (κ3) is 3.28. The number of pyridine rings is 1. The second-order valence-corrected chi connectivity index (χ2v) is 6.85. The van der Waals surface area contributed by atoms with Crippen molar-refractivity contribution in [2.45, 2.75) is 45.8 Å². The molecule has 2 aromatic heterocycles. The summed E-state index contributed by atoms with van der Waals surface area (Å²) in [5.74, 6) is 0. The Labute approximate surface area is 154 Å². The zero-order valence-corrected chi connectivity index (χ0v) is 15.9. The third-order valence-corrected chi connectivity index (χ3v) is 5.35. The van der Waals surface area contributed by atoms with Gasteiger partial charge in [-0.25, -0.2) is 0 Å². The van der Waals surface area contributed by atoms with Gasteiger partial charge in [0.05, 0.1) is 17.8 Å². The second-order valence-electron chi connectivity index (χ2n) is 6.47. The lowest BCUT2D eigenvalue weighted by atomic mass is 9.96. The van der Waals surface area contributed by atoms with Crippen molar-refractivity contribution < 1.29 is 5.11 Å². The van der Waals surface area contributed by atoms with Crippen LogP contribution in [-0.2, 0) is 6.54 Å². The molecule has 5 nitrogen and oxygen atoms in total. The maximum absolute atomic E-state index is 9.29. The molecule has 1 fully saturated rings. The molecule has 0 spiro atoms. The van der Waals surface area contributed by atoms with Gasteiger partial charge in [-0.15, -0.1) is 0 Å². The van der Waals surface area contributed by atoms with Crippen LogP contribution in [0.5, 0.6) is 0 Å². The van der Waals surface area contributed by atoms with Crippen molar-refractivity contribution in [2.75, 3.05) is 13.2 Å². The molecular weight excluding hydrogens is 332 g/mol. The van der Waals surface area contributed by atoms with E-state index in [2.05, 4.69) is 46.6 Å². The number of aromatic nitrogens is 2. The molecule has 2 atom stereocenters. The fraction of sp³-hybridized carbons (Fsp3) is 0.474. The van der Waals surface area contributed by atoms with E-state index >= 15 is 0 Å². The van der Waals surface area contributed by atoms with Gasteiger partial charge in [-0.05, 0) is 63.2 Å². The zero-order chi connectivity index (χ0) is 18.0. The fourth-order valence-corrected chi connectivity index (χ4v) is 4.17. The number of nitrogens with one attached hydrogen (secondary N) is 1. The van der Waals surface area contributed by atoms with Gasteiger partial charge in [0.1, 0.15) is 0 Å². The number of nitrogens with zero attached hydrogens (tertiary/aromatic N) is 3. The molecule has 0 saturated carbocycles. The highest BCUT2D eigenvalue weighted by molar-refractivity contribution is 7.80. The standard InChI is InChI=1S/C19H26N4OS/c1-4-22-13(2)12-15(14(22)3)18-17(16-8-5-6-9-20-16)21-19(25)23(18)10-7-11-24/h5-6,8-9,12,17-18,24H,4,7,10-11H2,1-3H3,(H,21,25)/t17-,18+/m0/s1. The normalized spacial score (nSPS) is 20.2. The van der Waals surface area contributed by atoms with Crippen molar-refractivity contribution in [3.05, 3.63) is 53.1 Å². The molecular formula is C19H26N4OS. The topological polar surface area (TPSA) is 53.3 Å². The minimum absolute atomic E-state index is 0.0122. The van der Waals surface area contributed by atoms with Gasteiger partial charge in [0, 0.05) is 37.3 Å². The number of aliphatic hydroxyl groups excluding tert-OH is 1. The highest BCUT2D eigenvalue weighted by Gasteiger charge is 2.40. The summed E-state index contributed by atoms with van der Waals surface area (Å²) in [5.41, 5.74) is 4.80. The van der Waals surface area contributed by atoms with Crippen LogP contribution in [0, 0.1) is 13.8 Å². The van der Waals surface area contributed by atoms with Crippen LogP contribution < -0.4 is 5.32 Å². The first-order valence-corrected chi connectivity index (χ1v) is 9.24. The van der Waals surface area contributed by atoms with Gasteiger partial charge in [-0.2, -0.15) is 0 Å². The molecule has 0 unspecified atom stereocenters. The summed E-state index contributed by atoms with van der Waals surface area (Å²) < 4.78 is 2.33. The fourth-order valence-electron chi connectivity index (χ4n) is 3.84. The van der Waals surface area contributed by atoms with Crippen LogP contribution in [0.3, 0.4) is 0 Å². The van der Waals surface area contributed by atoms with Crippen LogP contribution in [0.15, 0.2) is 30.5 Å². The van der Waals surface area contributed by atoms with Gasteiger partial charge in [0.25, 0.3) is 0 Å². The molecule has 0 aromatic carbocycles. The van der Waals surface area contributed by atoms with Crippen molar-refractivity contribution in [1.29, 1.82) is 0 Å². The third-order valence-electron chi connectivity index (χ3n) is 5.00. The van der Waals surface area contributed by atoms with Crippen molar-refractivity contribution in [2.24, 2.45) is 0 Å². The highest BCUT2D eigenvalue weighted by Crippen LogP contribution is 2.40. The molecule has 1 saturated heterocycles. The molecule has 2 aromatic rings. The summed E-state index contributed by atoms with van der Waals surface area (Å²) in [6.45, 7) is 8.33. The van der Waals surface area contributed by atoms with Crippen LogP contribution in [-0.4, -0.2) is 37.8 Å². The highest BCUT2D eigenvalue weighted by atomic mass is 32.1. The Balaban J connectivity index is 2.06. The van der Waals surface area contributed by atoms with Gasteiger partial charge in [-0.1, -0.05) is 6.07 Å². The number of thiocarbonyl (C=S) groups is 1. The zero-order valence-electron chi connectivity index (χ0n) is 15.1. The SMILES string of the molecule is CCn1c(C)cc([C@@H]2[C@H](c3ccccn3)NC(=S)N2CCCO)c1C. The van der Waals surface area contributed by atoms with Crippen molar-refractivity contribution in [3.63, 3.8) is 0 Å². The predicted octanol–water partition coefficient (Wildman–Crippen LogP) is 2.87. The maximum Gasteiger partial charge on any atom is 0.170 e. The molecule has 3 rings (SSSR count). The van der Waals surface area contributed by atoms with Gasteiger partial charge >= 0.3 is 0 Å². The molecule has 134 valence electrons. The molecule has 3 heterocycles. The summed E-state index contributed by atoms with van der Waals surface area (Å²) in [4.78, 5) is 6.76. The molecule has 25 heavy (non-hydrogen) atoms. The first kappa shape index (κ1) is 17.9. The van der Waals surface area contributed by atoms with E-state index in [4.69, 9.17) is 12.2 Å². The Morgan fingerprint density at radius 1 is 1.32 bits per heavy atom. The summed E-state index contributed by atoms with van der Waals surface area (Å²) >= 11 is 5.62. The van der Waals surface area contributed by atoms with Gasteiger partial charge < -0.3 is 19.9 Å². The minimum atomic E-state index is 0.0122. The lowest BCUT2D eigenvalue weighted by Gasteiger charge is -2.28. The number of hydrogen-bond acceptors (Lipinski definition) is 3. The largest absolute Gasteiger partial charge is 0.396 e. The molecule has 0 bridgehead atoms. The van der Waals surface area contributed by atoms with E-state index < -0.39 is 0 Å². The van der Waals surface area contributed by atoms with Crippen LogP contribution >= 0.6 is 12.2 Å². The molecule has 6 heteroatoms. The van der Waals surface area contributed by atoms with Crippen molar-refractivity contribution in [1.82, 2.24) is 19.8 Å². The van der Waals surface area contributed by atoms with Crippen molar-refractivity contribution in [3.8, 4) is 0 Å². The van der Waals surface area contributed by atoms with E-state index in [-0.39, 0.29) is 18.7 Å². The molecule has 1 aliphatic heterocycles. The summed E-state index contributed by atoms with van der Waals surface area (Å²) in [7, 11) is 0. The summed E-state index contributed by atoms with van der Waals surface area (Å²) in [6.07, 6.45) is 2.52. The van der Waals surface area contributed by atoms with Crippen LogP contribution in [0.4, 0.5) is 0 Å². The van der Waals surface area contributed by atoms with Gasteiger partial charge in [0.15, 0.2) is 5.11 Å². The Hall–Kier alpha value is -1.92. The molecule has 0 radical (unpaired) electrons. The molecule has 0 amide bonds. The second kappa shape index (κ2) is 7.54. The number of aliphatic hydroxyl groups is 1. The first-order valence-electron chi connectivity index (χ1n) is 8.84. The number of aryl methyl sites for hydroxylation is 1. The maximum atomic E-state index is 9.29. The Morgan fingerprint density at radius 2 is 2.12 bits per heavy atom. The van der Waals surface area contributed by atoms with Gasteiger partial charge in [-0.3, -0.25) is 4.98 Å². The van der Waals surface area contributed by atoms with E-state index in [1.54, 1.807) is 0 Å². The Kier molecular flexibility index (Phi) is 5.39. The summed E-state index contributed by atoms with van der Waals surface area (Å²) in [5, 5.41) is 13.5. The number of hydrogen-bond donors (Lipinski definition) is 2. The predicted molar refractivity (Wildman–Crippen MR) is 103 cm³/mol. The monoisotopic (exact) mass is 358 g/mol. The Morgan fingerprint density at radius 3 is 2.72 bits per heavy atom. The lowest BCUT2D eigenvalue weighted by molar-refractivity contribution is 0.247. The smallest absolute Gasteiger partial charge is 0.170 e. The molecule has 1 aliphatic rings. The van der Waals surface area contributed by atoms with Crippen LogP contribution in [0.1, 0.15) is 48.1 Å². The van der Waals surface area contributed by atoms with Crippen LogP contribution in [0.2, 0.25) is 0 Å². The molecule has 0 aliphatic carbocycles. The quantitative estimate of drug-likeness (QED) is 0.778. The Bertz CT molecular complexity index is 743. The van der Waals surface area contributed by atoms with E-state index in [9.17, 15) is 5.11 Å². The minimum Gasteiger partial charge on any atom is -0.396 e. The van der Waals surface area contributed by atoms with Crippen molar-refractivity contribution >= 4 is 17.3 Å². The number of rotatable bonds is 6. The average Bonchev–Trinajstić information content (AvgIpc) is 3.09. The van der Waals surface area contributed by atoms with E-state index in [0.29, 0.717) is 6.42 Å². The lowest BCUT2D eigenvalue weighted by Crippen LogP contribution is -2.31. The summed E-state index contributed by atoms with van der Waals surface area (Å²) in [6, 6.07) is 8.34. The van der Waals surface area contributed by atoms with Gasteiger partial charge in [0.2, 0.25) is 0 Å². The van der Waals surface area contributed by atoms with Crippen LogP contribution in [0.25, 0.3) is 0 Å². The molecule has 2 N–H and O–H groups in total. The first-order chi connectivity index (χ1) is 12.1.